The van der Waals surface area contributed by atoms with E-state index in [-0.39, 0.29) is 17.4 Å². The Morgan fingerprint density at radius 1 is 1.30 bits per heavy atom. The minimum atomic E-state index is -0.335. The zero-order valence-corrected chi connectivity index (χ0v) is 18.9. The van der Waals surface area contributed by atoms with Crippen LogP contribution in [-0.2, 0) is 0 Å². The van der Waals surface area contributed by atoms with Crippen molar-refractivity contribution in [3.63, 3.8) is 0 Å². The zero-order chi connectivity index (χ0) is 22.1. The number of nitriles is 1. The molecule has 1 amide bonds. The number of allylic oxidation sites excluding steroid dienone is 2. The van der Waals surface area contributed by atoms with E-state index in [0.29, 0.717) is 17.3 Å². The smallest absolute Gasteiger partial charge is 0.291 e. The van der Waals surface area contributed by atoms with Crippen molar-refractivity contribution in [2.75, 3.05) is 5.32 Å². The fourth-order valence-corrected chi connectivity index (χ4v) is 3.94. The fraction of sp³-hybridized carbons (Fsp3) is 0.480. The molecule has 1 heterocycles. The molecule has 5 heteroatoms. The highest BCUT2D eigenvalue weighted by Crippen LogP contribution is 2.41. The van der Waals surface area contributed by atoms with Crippen LogP contribution in [0, 0.1) is 29.6 Å². The highest BCUT2D eigenvalue weighted by atomic mass is 16.2. The third kappa shape index (κ3) is 4.64. The Morgan fingerprint density at radius 3 is 2.60 bits per heavy atom. The molecule has 0 saturated heterocycles. The van der Waals surface area contributed by atoms with Gasteiger partial charge in [-0.1, -0.05) is 40.7 Å². The van der Waals surface area contributed by atoms with Crippen molar-refractivity contribution in [2.45, 2.75) is 66.7 Å². The van der Waals surface area contributed by atoms with E-state index in [2.05, 4.69) is 75.0 Å². The number of carbonyl (C=O) groups is 1. The molecular formula is C25H32N4O. The standard InChI is InChI=1S/C25H32N4O/c1-15(2)17(4)20-12-21(18-7-9-25(5,6)10-8-18)22(11-16(20)3)29-24(30)23-27-14-19(13-26)28-23/h7,11-12,14-15,17H,8-10H2,1-6H3,(H,27,28)(H,29,30). The predicted molar refractivity (Wildman–Crippen MR) is 121 cm³/mol. The van der Waals surface area contributed by atoms with Gasteiger partial charge in [-0.2, -0.15) is 5.26 Å². The monoisotopic (exact) mass is 404 g/mol. The van der Waals surface area contributed by atoms with Crippen LogP contribution in [0.4, 0.5) is 5.69 Å². The first kappa shape index (κ1) is 21.8. The maximum absolute atomic E-state index is 12.8. The number of imidazole rings is 1. The van der Waals surface area contributed by atoms with Crippen LogP contribution >= 0.6 is 0 Å². The van der Waals surface area contributed by atoms with Crippen LogP contribution < -0.4 is 5.32 Å². The molecule has 30 heavy (non-hydrogen) atoms. The summed E-state index contributed by atoms with van der Waals surface area (Å²) in [5.41, 5.74) is 6.21. The van der Waals surface area contributed by atoms with E-state index in [1.807, 2.05) is 6.07 Å². The summed E-state index contributed by atoms with van der Waals surface area (Å²) in [5.74, 6) is 0.772. The Morgan fingerprint density at radius 2 is 2.03 bits per heavy atom. The maximum atomic E-state index is 12.8. The van der Waals surface area contributed by atoms with Crippen molar-refractivity contribution in [2.24, 2.45) is 11.3 Å². The molecule has 1 aliphatic rings. The summed E-state index contributed by atoms with van der Waals surface area (Å²) in [5, 5.41) is 12.0. The van der Waals surface area contributed by atoms with Gasteiger partial charge in [0, 0.05) is 17.4 Å². The van der Waals surface area contributed by atoms with E-state index in [0.717, 1.165) is 30.5 Å². The van der Waals surface area contributed by atoms with Gasteiger partial charge in [-0.25, -0.2) is 4.98 Å². The summed E-state index contributed by atoms with van der Waals surface area (Å²) < 4.78 is 0. The normalized spacial score (nSPS) is 16.7. The molecule has 5 nitrogen and oxygen atoms in total. The molecule has 1 aromatic heterocycles. The van der Waals surface area contributed by atoms with Crippen LogP contribution in [0.1, 0.15) is 92.8 Å². The Bertz CT molecular complexity index is 1020. The molecule has 1 unspecified atom stereocenters. The second-order valence-electron chi connectivity index (χ2n) is 9.59. The molecule has 3 rings (SSSR count). The number of nitrogens with one attached hydrogen (secondary N) is 2. The lowest BCUT2D eigenvalue weighted by Crippen LogP contribution is -2.18. The van der Waals surface area contributed by atoms with E-state index in [1.165, 1.54) is 22.9 Å². The predicted octanol–water partition coefficient (Wildman–Crippen LogP) is 6.20. The summed E-state index contributed by atoms with van der Waals surface area (Å²) in [6.07, 6.45) is 6.92. The molecule has 2 N–H and O–H groups in total. The number of hydrogen-bond acceptors (Lipinski definition) is 3. The van der Waals surface area contributed by atoms with Gasteiger partial charge in [-0.3, -0.25) is 4.79 Å². The quantitative estimate of drug-likeness (QED) is 0.623. The summed E-state index contributed by atoms with van der Waals surface area (Å²) in [6, 6.07) is 6.29. The average molecular weight is 405 g/mol. The molecule has 1 aromatic carbocycles. The lowest BCUT2D eigenvalue weighted by molar-refractivity contribution is 0.101. The third-order valence-corrected chi connectivity index (χ3v) is 6.37. The lowest BCUT2D eigenvalue weighted by atomic mass is 9.76. The molecule has 0 fully saturated rings. The summed E-state index contributed by atoms with van der Waals surface area (Å²) >= 11 is 0. The topological polar surface area (TPSA) is 81.6 Å². The highest BCUT2D eigenvalue weighted by molar-refractivity contribution is 6.03. The number of anilines is 1. The molecule has 0 aliphatic heterocycles. The summed E-state index contributed by atoms with van der Waals surface area (Å²) in [7, 11) is 0. The number of carbonyl (C=O) groups excluding carboxylic acids is 1. The van der Waals surface area contributed by atoms with Gasteiger partial charge in [0.1, 0.15) is 6.07 Å². The van der Waals surface area contributed by atoms with Crippen molar-refractivity contribution in [3.05, 3.63) is 52.6 Å². The second-order valence-corrected chi connectivity index (χ2v) is 9.59. The summed E-state index contributed by atoms with van der Waals surface area (Å²) in [4.78, 5) is 19.6. The van der Waals surface area contributed by atoms with Gasteiger partial charge in [0.15, 0.2) is 11.5 Å². The lowest BCUT2D eigenvalue weighted by Gasteiger charge is -2.30. The van der Waals surface area contributed by atoms with E-state index in [1.54, 1.807) is 0 Å². The number of hydrogen-bond donors (Lipinski definition) is 2. The summed E-state index contributed by atoms with van der Waals surface area (Å²) in [6.45, 7) is 13.4. The van der Waals surface area contributed by atoms with Crippen LogP contribution in [0.5, 0.6) is 0 Å². The first-order valence-corrected chi connectivity index (χ1v) is 10.7. The van der Waals surface area contributed by atoms with E-state index >= 15 is 0 Å². The van der Waals surface area contributed by atoms with E-state index < -0.39 is 0 Å². The van der Waals surface area contributed by atoms with Crippen molar-refractivity contribution in [1.82, 2.24) is 9.97 Å². The molecule has 0 saturated carbocycles. The average Bonchev–Trinajstić information content (AvgIpc) is 3.17. The van der Waals surface area contributed by atoms with Crippen LogP contribution in [0.15, 0.2) is 24.4 Å². The molecule has 1 atom stereocenters. The Hall–Kier alpha value is -2.87. The third-order valence-electron chi connectivity index (χ3n) is 6.37. The molecule has 0 spiro atoms. The van der Waals surface area contributed by atoms with Gasteiger partial charge in [0.25, 0.3) is 5.91 Å². The molecule has 0 bridgehead atoms. The zero-order valence-electron chi connectivity index (χ0n) is 18.9. The largest absolute Gasteiger partial charge is 0.339 e. The highest BCUT2D eigenvalue weighted by Gasteiger charge is 2.25. The van der Waals surface area contributed by atoms with Crippen molar-refractivity contribution in [3.8, 4) is 6.07 Å². The Balaban J connectivity index is 2.02. The van der Waals surface area contributed by atoms with Gasteiger partial charge in [-0.05, 0) is 72.3 Å². The van der Waals surface area contributed by atoms with Crippen molar-refractivity contribution < 1.29 is 4.79 Å². The number of rotatable bonds is 5. The first-order valence-electron chi connectivity index (χ1n) is 10.7. The van der Waals surface area contributed by atoms with Gasteiger partial charge < -0.3 is 10.3 Å². The van der Waals surface area contributed by atoms with Gasteiger partial charge in [0.2, 0.25) is 0 Å². The number of aromatic nitrogens is 2. The van der Waals surface area contributed by atoms with Crippen LogP contribution in [0.2, 0.25) is 0 Å². The minimum Gasteiger partial charge on any atom is -0.339 e. The van der Waals surface area contributed by atoms with Crippen LogP contribution in [0.3, 0.4) is 0 Å². The molecule has 0 radical (unpaired) electrons. The van der Waals surface area contributed by atoms with Crippen molar-refractivity contribution >= 4 is 17.2 Å². The minimum absolute atomic E-state index is 0.147. The van der Waals surface area contributed by atoms with Crippen molar-refractivity contribution in [1.29, 1.82) is 5.26 Å². The van der Waals surface area contributed by atoms with Gasteiger partial charge in [0.05, 0.1) is 0 Å². The molecule has 158 valence electrons. The van der Waals surface area contributed by atoms with Crippen LogP contribution in [-0.4, -0.2) is 15.9 Å². The Labute approximate surface area is 179 Å². The van der Waals surface area contributed by atoms with Crippen LogP contribution in [0.25, 0.3) is 5.57 Å². The second kappa shape index (κ2) is 8.47. The number of nitrogens with zero attached hydrogens (tertiary/aromatic N) is 2. The first-order chi connectivity index (χ1) is 14.1. The molecular weight excluding hydrogens is 372 g/mol. The molecule has 2 aromatic rings. The number of aryl methyl sites for hydroxylation is 1. The van der Waals surface area contributed by atoms with Gasteiger partial charge >= 0.3 is 0 Å². The molecule has 1 aliphatic carbocycles. The number of benzene rings is 1. The fourth-order valence-electron chi connectivity index (χ4n) is 3.94. The number of amides is 1. The SMILES string of the molecule is Cc1cc(NC(=O)c2nc(C#N)c[nH]2)c(C2=CCC(C)(C)CC2)cc1C(C)C(C)C. The maximum Gasteiger partial charge on any atom is 0.291 e. The van der Waals surface area contributed by atoms with Gasteiger partial charge in [-0.15, -0.1) is 0 Å². The van der Waals surface area contributed by atoms with E-state index in [4.69, 9.17) is 5.26 Å². The van der Waals surface area contributed by atoms with E-state index in [9.17, 15) is 4.79 Å². The number of aromatic amines is 1. The Kier molecular flexibility index (Phi) is 6.17. The number of H-pyrrole nitrogens is 1.